The molecule has 0 radical (unpaired) electrons. The summed E-state index contributed by atoms with van der Waals surface area (Å²) in [5, 5.41) is 30.4. The van der Waals surface area contributed by atoms with Crippen molar-refractivity contribution >= 4 is 50.4 Å². The van der Waals surface area contributed by atoms with Gasteiger partial charge in [-0.25, -0.2) is 9.97 Å². The highest BCUT2D eigenvalue weighted by Crippen LogP contribution is 2.39. The summed E-state index contributed by atoms with van der Waals surface area (Å²) in [6.07, 6.45) is -4.83. The number of imidazole rings is 1. The maximum atomic E-state index is 12.4. The molecule has 0 saturated carbocycles. The lowest BCUT2D eigenvalue weighted by molar-refractivity contribution is -0.0548. The Bertz CT molecular complexity index is 1270. The molecule has 1 fully saturated rings. The molecule has 1 aliphatic rings. The Hall–Kier alpha value is -2.55. The molecule has 11 nitrogen and oxygen atoms in total. The molecule has 1 saturated heterocycles. The van der Waals surface area contributed by atoms with Crippen LogP contribution in [0.4, 0.5) is 5.95 Å². The number of aliphatic hydroxyl groups excluding tert-OH is 3. The Balaban J connectivity index is 1.66. The van der Waals surface area contributed by atoms with Gasteiger partial charge >= 0.3 is 0 Å². The van der Waals surface area contributed by atoms with Crippen LogP contribution in [-0.2, 0) is 4.74 Å². The van der Waals surface area contributed by atoms with Gasteiger partial charge in [0.25, 0.3) is 5.56 Å². The molecule has 0 amide bonds. The normalized spacial score (nSPS) is 24.2. The molecule has 0 unspecified atom stereocenters. The van der Waals surface area contributed by atoms with Gasteiger partial charge in [-0.15, -0.1) is 11.3 Å². The van der Waals surface area contributed by atoms with Crippen LogP contribution in [0.1, 0.15) is 6.23 Å². The molecule has 0 aliphatic carbocycles. The highest BCUT2D eigenvalue weighted by molar-refractivity contribution is 8.01. The van der Waals surface area contributed by atoms with Crippen LogP contribution < -0.4 is 11.3 Å². The summed E-state index contributed by atoms with van der Waals surface area (Å²) in [5.74, 6) is -0.128. The van der Waals surface area contributed by atoms with E-state index in [9.17, 15) is 20.1 Å². The monoisotopic (exact) mass is 448 g/mol. The van der Waals surface area contributed by atoms with Crippen molar-refractivity contribution < 1.29 is 20.1 Å². The zero-order valence-corrected chi connectivity index (χ0v) is 16.8. The molecule has 30 heavy (non-hydrogen) atoms. The van der Waals surface area contributed by atoms with Gasteiger partial charge in [0, 0.05) is 0 Å². The van der Waals surface area contributed by atoms with E-state index in [4.69, 9.17) is 10.5 Å². The van der Waals surface area contributed by atoms with E-state index in [0.29, 0.717) is 4.34 Å². The number of aromatic nitrogens is 5. The largest absolute Gasteiger partial charge is 0.394 e. The van der Waals surface area contributed by atoms with Crippen molar-refractivity contribution in [3.63, 3.8) is 0 Å². The van der Waals surface area contributed by atoms with Gasteiger partial charge in [0.2, 0.25) is 5.95 Å². The molecule has 5 rings (SSSR count). The van der Waals surface area contributed by atoms with E-state index in [0.717, 1.165) is 10.2 Å². The third kappa shape index (κ3) is 3.07. The first kappa shape index (κ1) is 19.4. The minimum absolute atomic E-state index is 0.00514. The van der Waals surface area contributed by atoms with E-state index in [1.165, 1.54) is 27.7 Å². The molecule has 4 heterocycles. The Morgan fingerprint density at radius 3 is 2.77 bits per heavy atom. The van der Waals surface area contributed by atoms with Gasteiger partial charge in [-0.3, -0.25) is 14.3 Å². The number of nitrogen functional groups attached to an aromatic ring is 1. The molecule has 4 atom stereocenters. The molecule has 1 aliphatic heterocycles. The van der Waals surface area contributed by atoms with E-state index in [2.05, 4.69) is 19.9 Å². The van der Waals surface area contributed by atoms with E-state index in [1.54, 1.807) is 0 Å². The Labute approximate surface area is 176 Å². The van der Waals surface area contributed by atoms with E-state index >= 15 is 0 Å². The first-order valence-electron chi connectivity index (χ1n) is 8.90. The smallest absolute Gasteiger partial charge is 0.280 e. The van der Waals surface area contributed by atoms with Gasteiger partial charge in [-0.1, -0.05) is 12.1 Å². The molecule has 3 aromatic heterocycles. The van der Waals surface area contributed by atoms with Crippen molar-refractivity contribution in [3.8, 4) is 0 Å². The van der Waals surface area contributed by atoms with Crippen molar-refractivity contribution in [1.82, 2.24) is 24.5 Å². The van der Waals surface area contributed by atoms with E-state index < -0.39 is 36.7 Å². The number of nitrogens with two attached hydrogens (primary N) is 1. The maximum absolute atomic E-state index is 12.4. The second-order valence-electron chi connectivity index (χ2n) is 6.67. The molecule has 156 valence electrons. The Morgan fingerprint density at radius 2 is 2.03 bits per heavy atom. The first-order chi connectivity index (χ1) is 14.5. The zero-order chi connectivity index (χ0) is 21.0. The van der Waals surface area contributed by atoms with Crippen LogP contribution in [0.15, 0.2) is 38.6 Å². The number of fused-ring (bicyclic) bond motifs is 2. The van der Waals surface area contributed by atoms with Gasteiger partial charge in [-0.05, 0) is 23.9 Å². The van der Waals surface area contributed by atoms with Gasteiger partial charge in [0.15, 0.2) is 26.9 Å². The van der Waals surface area contributed by atoms with Crippen LogP contribution in [0.25, 0.3) is 21.4 Å². The lowest BCUT2D eigenvalue weighted by Crippen LogP contribution is -2.33. The average Bonchev–Trinajstić information content (AvgIpc) is 3.36. The summed E-state index contributed by atoms with van der Waals surface area (Å²) in [5.41, 5.74) is 6.07. The number of aliphatic hydroxyl groups is 3. The van der Waals surface area contributed by atoms with Gasteiger partial charge < -0.3 is 25.8 Å². The van der Waals surface area contributed by atoms with Crippen LogP contribution >= 0.6 is 23.1 Å². The molecular weight excluding hydrogens is 432 g/mol. The second kappa shape index (κ2) is 7.30. The van der Waals surface area contributed by atoms with Crippen LogP contribution in [0, 0.1) is 0 Å². The number of hydrogen-bond donors (Lipinski definition) is 5. The number of rotatable bonds is 4. The fraction of sp³-hybridized carbons (Fsp3) is 0.294. The summed E-state index contributed by atoms with van der Waals surface area (Å²) >= 11 is 2.61. The number of H-pyrrole nitrogens is 1. The summed E-state index contributed by atoms with van der Waals surface area (Å²) in [7, 11) is 0. The number of nitrogens with one attached hydrogen (secondary N) is 1. The van der Waals surface area contributed by atoms with Crippen molar-refractivity contribution in [3.05, 3.63) is 34.6 Å². The number of hydrogen-bond acceptors (Lipinski definition) is 11. The highest BCUT2D eigenvalue weighted by atomic mass is 32.2. The minimum atomic E-state index is -1.38. The molecule has 0 spiro atoms. The van der Waals surface area contributed by atoms with Crippen LogP contribution in [0.3, 0.4) is 0 Å². The van der Waals surface area contributed by atoms with E-state index in [1.807, 2.05) is 24.3 Å². The molecule has 6 N–H and O–H groups in total. The predicted molar refractivity (Wildman–Crippen MR) is 109 cm³/mol. The molecular formula is C17H16N6O5S2. The van der Waals surface area contributed by atoms with Crippen LogP contribution in [-0.4, -0.2) is 64.7 Å². The van der Waals surface area contributed by atoms with Crippen LogP contribution in [0.5, 0.6) is 0 Å². The van der Waals surface area contributed by atoms with Gasteiger partial charge in [0.05, 0.1) is 16.8 Å². The second-order valence-corrected chi connectivity index (χ2v) is 8.91. The molecule has 13 heteroatoms. The SMILES string of the molecule is Nc1nc2c(nc(Sc3nc4ccccc4s3)n2[C@@H]2O[C@H](CO)[C@@H](O)[C@H]2O)c(=O)[nH]1. The number of thiazole rings is 1. The number of para-hydroxylation sites is 1. The topological polar surface area (TPSA) is 172 Å². The number of aromatic amines is 1. The third-order valence-corrected chi connectivity index (χ3v) is 6.83. The molecule has 4 aromatic rings. The quantitative estimate of drug-likeness (QED) is 0.288. The van der Waals surface area contributed by atoms with Gasteiger partial charge in [0.1, 0.15) is 18.3 Å². The highest BCUT2D eigenvalue weighted by Gasteiger charge is 2.45. The van der Waals surface area contributed by atoms with E-state index in [-0.39, 0.29) is 22.3 Å². The third-order valence-electron chi connectivity index (χ3n) is 4.76. The van der Waals surface area contributed by atoms with Crippen molar-refractivity contribution in [2.75, 3.05) is 12.3 Å². The number of anilines is 1. The average molecular weight is 448 g/mol. The molecule has 0 bridgehead atoms. The standard InChI is InChI=1S/C17H16N6O5S2/c18-15-21-12-9(13(27)22-15)20-16(23(12)14-11(26)10(25)7(5-24)28-14)30-17-19-6-3-1-2-4-8(6)29-17/h1-4,7,10-11,14,24-26H,5H2,(H3,18,21,22,27)/t7-,10-,11-,14-/m1/s1. The summed E-state index contributed by atoms with van der Waals surface area (Å²) in [4.78, 5) is 27.8. The number of ether oxygens (including phenoxy) is 1. The lowest BCUT2D eigenvalue weighted by atomic mass is 10.1. The minimum Gasteiger partial charge on any atom is -0.394 e. The Kier molecular flexibility index (Phi) is 4.72. The lowest BCUT2D eigenvalue weighted by Gasteiger charge is -2.18. The fourth-order valence-corrected chi connectivity index (χ4v) is 5.43. The summed E-state index contributed by atoms with van der Waals surface area (Å²) < 4.78 is 8.70. The van der Waals surface area contributed by atoms with Gasteiger partial charge in [-0.2, -0.15) is 4.98 Å². The zero-order valence-electron chi connectivity index (χ0n) is 15.2. The fourth-order valence-electron chi connectivity index (χ4n) is 3.35. The molecule has 1 aromatic carbocycles. The van der Waals surface area contributed by atoms with Crippen LogP contribution in [0.2, 0.25) is 0 Å². The predicted octanol–water partition coefficient (Wildman–Crippen LogP) is 0.0742. The Morgan fingerprint density at radius 1 is 1.23 bits per heavy atom. The number of nitrogens with zero attached hydrogens (tertiary/aromatic N) is 4. The van der Waals surface area contributed by atoms with Crippen molar-refractivity contribution in [2.24, 2.45) is 0 Å². The number of benzene rings is 1. The maximum Gasteiger partial charge on any atom is 0.280 e. The van der Waals surface area contributed by atoms with Crippen molar-refractivity contribution in [1.29, 1.82) is 0 Å². The summed E-state index contributed by atoms with van der Waals surface area (Å²) in [6, 6.07) is 7.63. The summed E-state index contributed by atoms with van der Waals surface area (Å²) in [6.45, 7) is -0.488. The first-order valence-corrected chi connectivity index (χ1v) is 10.5. The van der Waals surface area contributed by atoms with Crippen molar-refractivity contribution in [2.45, 2.75) is 34.0 Å².